The number of allylic oxidation sites excluding steroid dienone is 2. The van der Waals surface area contributed by atoms with Gasteiger partial charge in [-0.1, -0.05) is 11.6 Å². The zero-order valence-electron chi connectivity index (χ0n) is 24.7. The summed E-state index contributed by atoms with van der Waals surface area (Å²) in [7, 11) is 0. The Morgan fingerprint density at radius 3 is 1.83 bits per heavy atom. The van der Waals surface area contributed by atoms with Crippen molar-refractivity contribution in [3.05, 3.63) is 42.0 Å². The summed E-state index contributed by atoms with van der Waals surface area (Å²) < 4.78 is 84.4. The Bertz CT molecular complexity index is 1100. The number of carbonyl (C=O) groups excluding carboxylic acids is 2. The van der Waals surface area contributed by atoms with Crippen molar-refractivity contribution in [3.8, 4) is 0 Å². The Balaban J connectivity index is 0.000000317. The average Bonchev–Trinajstić information content (AvgIpc) is 2.85. The van der Waals surface area contributed by atoms with Crippen LogP contribution < -0.4 is 4.46 Å². The molecule has 0 saturated heterocycles. The van der Waals surface area contributed by atoms with Gasteiger partial charge in [0, 0.05) is 5.92 Å². The molecular weight excluding hydrogens is 633 g/mol. The first-order valence-electron chi connectivity index (χ1n) is 13.7. The Morgan fingerprint density at radius 2 is 1.38 bits per heavy atom. The average molecular weight is 674 g/mol. The zero-order chi connectivity index (χ0) is 32.1. The molecule has 0 aliphatic heterocycles. The minimum atomic E-state index is -5.00. The summed E-state index contributed by atoms with van der Waals surface area (Å²) in [5.74, 6) is -4.54. The Hall–Kier alpha value is -2.04. The van der Waals surface area contributed by atoms with Gasteiger partial charge in [-0.05, 0) is 40.0 Å². The van der Waals surface area contributed by atoms with Gasteiger partial charge in [-0.3, -0.25) is 0 Å². The second kappa shape index (κ2) is 13.7. The van der Waals surface area contributed by atoms with Gasteiger partial charge in [0.15, 0.2) is 0 Å². The van der Waals surface area contributed by atoms with Crippen molar-refractivity contribution in [3.63, 3.8) is 0 Å². The molecule has 1 N–H and O–H groups in total. The maximum atomic E-state index is 12.5. The molecule has 1 saturated carbocycles. The van der Waals surface area contributed by atoms with Gasteiger partial charge in [0.05, 0.1) is 0 Å². The monoisotopic (exact) mass is 674 g/mol. The van der Waals surface area contributed by atoms with Crippen LogP contribution in [0.4, 0.5) is 26.3 Å². The van der Waals surface area contributed by atoms with Gasteiger partial charge in [-0.25, -0.2) is 4.79 Å². The Labute approximate surface area is 249 Å². The summed E-state index contributed by atoms with van der Waals surface area (Å²) in [6, 6.07) is 9.77. The number of benzene rings is 1. The summed E-state index contributed by atoms with van der Waals surface area (Å²) in [4.78, 5) is 22.0. The third-order valence-corrected chi connectivity index (χ3v) is 11.2. The fourth-order valence-corrected chi connectivity index (χ4v) is 7.90. The number of rotatable bonds is 6. The predicted molar refractivity (Wildman–Crippen MR) is 147 cm³/mol. The van der Waals surface area contributed by atoms with Crippen LogP contribution in [0.25, 0.3) is 0 Å². The molecule has 12 heteroatoms. The van der Waals surface area contributed by atoms with Gasteiger partial charge in [-0.2, -0.15) is 13.2 Å². The summed E-state index contributed by atoms with van der Waals surface area (Å²) in [6.07, 6.45) is -4.14. The van der Waals surface area contributed by atoms with Crippen LogP contribution in [0, 0.1) is 11.8 Å². The molecule has 0 bridgehead atoms. The van der Waals surface area contributed by atoms with E-state index in [9.17, 15) is 41.0 Å². The molecule has 1 aromatic rings. The molecule has 0 spiro atoms. The van der Waals surface area contributed by atoms with Crippen molar-refractivity contribution in [2.75, 3.05) is 0 Å². The zero-order valence-corrected chi connectivity index (χ0v) is 26.4. The van der Waals surface area contributed by atoms with Crippen LogP contribution in [0.1, 0.15) is 80.1 Å². The molecular formula is C30H40F6O5Se. The first-order valence-corrected chi connectivity index (χ1v) is 15.6. The SMILES string of the molecule is CC1(O)CC[C@@H](C(C)(C)OC(=O)C(F)(F)F)CC1[Se]c1ccccc1.CC1=CC[C@H](C(C)(C)OC(=O)C(F)(F)F)CC1. The predicted octanol–water partition coefficient (Wildman–Crippen LogP) is 6.86. The summed E-state index contributed by atoms with van der Waals surface area (Å²) in [5, 5.41) is 10.7. The minimum absolute atomic E-state index is 0.0203. The van der Waals surface area contributed by atoms with E-state index in [1.807, 2.05) is 43.3 Å². The van der Waals surface area contributed by atoms with Gasteiger partial charge in [0.1, 0.15) is 5.60 Å². The topological polar surface area (TPSA) is 72.8 Å². The second-order valence-corrected chi connectivity index (χ2v) is 14.9. The smallest absolute Gasteiger partial charge is 0.453 e. The van der Waals surface area contributed by atoms with E-state index in [1.165, 1.54) is 33.3 Å². The van der Waals surface area contributed by atoms with Crippen LogP contribution >= 0.6 is 0 Å². The number of halogens is 6. The van der Waals surface area contributed by atoms with Gasteiger partial charge in [0.2, 0.25) is 0 Å². The minimum Gasteiger partial charge on any atom is -0.453 e. The van der Waals surface area contributed by atoms with Gasteiger partial charge in [-0.15, -0.1) is 0 Å². The molecule has 1 aromatic carbocycles. The third kappa shape index (κ3) is 10.6. The molecule has 1 fully saturated rings. The quantitative estimate of drug-likeness (QED) is 0.155. The van der Waals surface area contributed by atoms with Gasteiger partial charge in [0.25, 0.3) is 0 Å². The van der Waals surface area contributed by atoms with Crippen molar-refractivity contribution < 1.29 is 50.5 Å². The number of hydrogen-bond donors (Lipinski definition) is 1. The molecule has 2 aliphatic carbocycles. The van der Waals surface area contributed by atoms with Crippen molar-refractivity contribution >= 4 is 31.4 Å². The maximum Gasteiger partial charge on any atom is 0.490 e. The molecule has 238 valence electrons. The number of carbonyl (C=O) groups is 2. The summed E-state index contributed by atoms with van der Waals surface area (Å²) in [5.41, 5.74) is -1.94. The van der Waals surface area contributed by atoms with E-state index in [1.54, 1.807) is 6.92 Å². The third-order valence-electron chi connectivity index (χ3n) is 7.99. The summed E-state index contributed by atoms with van der Waals surface area (Å²) in [6.45, 7) is 9.89. The van der Waals surface area contributed by atoms with Gasteiger partial charge >= 0.3 is 164 Å². The second-order valence-electron chi connectivity index (χ2n) is 12.3. The number of aliphatic hydroxyl groups is 1. The van der Waals surface area contributed by atoms with Crippen LogP contribution in [0.15, 0.2) is 42.0 Å². The van der Waals surface area contributed by atoms with E-state index < -0.39 is 41.1 Å². The molecule has 0 amide bonds. The molecule has 0 heterocycles. The Kier molecular flexibility index (Phi) is 11.8. The van der Waals surface area contributed by atoms with Crippen molar-refractivity contribution in [1.29, 1.82) is 0 Å². The largest absolute Gasteiger partial charge is 0.490 e. The normalized spacial score (nSPS) is 25.5. The van der Waals surface area contributed by atoms with Crippen LogP contribution in [-0.4, -0.2) is 61.2 Å². The number of esters is 2. The molecule has 42 heavy (non-hydrogen) atoms. The first-order chi connectivity index (χ1) is 19.0. The van der Waals surface area contributed by atoms with Crippen molar-refractivity contribution in [1.82, 2.24) is 0 Å². The molecule has 3 rings (SSSR count). The van der Waals surface area contributed by atoms with Crippen molar-refractivity contribution in [2.24, 2.45) is 11.8 Å². The van der Waals surface area contributed by atoms with Crippen LogP contribution in [0.2, 0.25) is 4.82 Å². The fourth-order valence-electron chi connectivity index (χ4n) is 5.08. The molecule has 0 radical (unpaired) electrons. The first kappa shape index (κ1) is 36.2. The standard InChI is InChI=1S/C18H23F3O3Se.C12H17F3O2/c1-16(2,24-15(22)18(19,20)21)12-9-10-17(3,23)14(11-12)25-13-7-5-4-6-8-13;1-8-4-6-9(7-5-8)11(2,3)17-10(16)12(13,14)15/h4-8,12,14,23H,9-11H2,1-3H3;4,9H,5-7H2,1-3H3/t12-,14?,17?;9-/m10/s1. The van der Waals surface area contributed by atoms with E-state index in [2.05, 4.69) is 4.74 Å². The number of hydrogen-bond acceptors (Lipinski definition) is 5. The number of alkyl halides is 6. The van der Waals surface area contributed by atoms with Gasteiger partial charge < -0.3 is 4.74 Å². The molecule has 2 unspecified atom stereocenters. The molecule has 4 atom stereocenters. The van der Waals surface area contributed by atoms with E-state index >= 15 is 0 Å². The van der Waals surface area contributed by atoms with E-state index in [-0.39, 0.29) is 31.6 Å². The van der Waals surface area contributed by atoms with E-state index in [4.69, 9.17) is 4.74 Å². The van der Waals surface area contributed by atoms with E-state index in [0.29, 0.717) is 25.7 Å². The molecule has 0 aromatic heterocycles. The van der Waals surface area contributed by atoms with Crippen molar-refractivity contribution in [2.45, 2.75) is 114 Å². The maximum absolute atomic E-state index is 12.5. The van der Waals surface area contributed by atoms with Crippen LogP contribution in [0.5, 0.6) is 0 Å². The van der Waals surface area contributed by atoms with Crippen LogP contribution in [0.3, 0.4) is 0 Å². The Morgan fingerprint density at radius 1 is 0.881 bits per heavy atom. The molecule has 2 aliphatic rings. The van der Waals surface area contributed by atoms with E-state index in [0.717, 1.165) is 17.3 Å². The summed E-state index contributed by atoms with van der Waals surface area (Å²) >= 11 is -0.0203. The van der Waals surface area contributed by atoms with Crippen LogP contribution in [-0.2, 0) is 19.1 Å². The molecule has 5 nitrogen and oxygen atoms in total. The number of ether oxygens (including phenoxy) is 2. The fraction of sp³-hybridized carbons (Fsp3) is 0.667.